The number of nitrogens with one attached hydrogen (secondary N) is 1. The minimum absolute atomic E-state index is 0.238. The van der Waals surface area contributed by atoms with Crippen LogP contribution in [-0.2, 0) is 11.3 Å². The number of rotatable bonds is 5. The van der Waals surface area contributed by atoms with Gasteiger partial charge in [0.05, 0.1) is 25.4 Å². The number of nitrogens with zero attached hydrogens (tertiary/aromatic N) is 2. The Hall–Kier alpha value is -1.61. The standard InChI is InChI=1S/C15H21N3O2/c1-17-9-14-11-18(5-6-20-14)10-12-3-4-15(19-2)13(7-12)8-16/h3-4,7,14,17H,5-6,9-11H2,1-2H3. The molecule has 5 heteroatoms. The van der Waals surface area contributed by atoms with E-state index < -0.39 is 0 Å². The Labute approximate surface area is 120 Å². The number of methoxy groups -OCH3 is 1. The van der Waals surface area contributed by atoms with Gasteiger partial charge in [0.25, 0.3) is 0 Å². The molecule has 1 aromatic rings. The van der Waals surface area contributed by atoms with Crippen LogP contribution in [0.4, 0.5) is 0 Å². The highest BCUT2D eigenvalue weighted by atomic mass is 16.5. The highest BCUT2D eigenvalue weighted by Crippen LogP contribution is 2.20. The van der Waals surface area contributed by atoms with Gasteiger partial charge in [0.1, 0.15) is 11.8 Å². The van der Waals surface area contributed by atoms with Crippen LogP contribution < -0.4 is 10.1 Å². The van der Waals surface area contributed by atoms with Crippen LogP contribution in [0.25, 0.3) is 0 Å². The molecule has 0 aromatic heterocycles. The molecule has 1 N–H and O–H groups in total. The predicted octanol–water partition coefficient (Wildman–Crippen LogP) is 0.987. The first kappa shape index (κ1) is 14.8. The van der Waals surface area contributed by atoms with E-state index in [1.807, 2.05) is 25.2 Å². The van der Waals surface area contributed by atoms with Crippen LogP contribution in [0.15, 0.2) is 18.2 Å². The quantitative estimate of drug-likeness (QED) is 0.868. The maximum atomic E-state index is 9.12. The van der Waals surface area contributed by atoms with Crippen molar-refractivity contribution in [2.75, 3.05) is 40.4 Å². The summed E-state index contributed by atoms with van der Waals surface area (Å²) >= 11 is 0. The number of ether oxygens (including phenoxy) is 2. The van der Waals surface area contributed by atoms with E-state index in [4.69, 9.17) is 14.7 Å². The molecule has 0 spiro atoms. The van der Waals surface area contributed by atoms with Gasteiger partial charge in [0.15, 0.2) is 0 Å². The molecule has 1 aliphatic rings. The van der Waals surface area contributed by atoms with Crippen molar-refractivity contribution in [2.45, 2.75) is 12.6 Å². The van der Waals surface area contributed by atoms with Crippen LogP contribution in [-0.4, -0.2) is 51.4 Å². The molecular formula is C15H21N3O2. The van der Waals surface area contributed by atoms with Gasteiger partial charge in [-0.3, -0.25) is 4.90 Å². The van der Waals surface area contributed by atoms with E-state index >= 15 is 0 Å². The molecule has 1 aromatic carbocycles. The van der Waals surface area contributed by atoms with Crippen molar-refractivity contribution in [1.82, 2.24) is 10.2 Å². The SMILES string of the molecule is CNCC1CN(Cc2ccc(OC)c(C#N)c2)CCO1. The van der Waals surface area contributed by atoms with Crippen LogP contribution in [0.1, 0.15) is 11.1 Å². The third-order valence-electron chi connectivity index (χ3n) is 3.45. The van der Waals surface area contributed by atoms with Crippen molar-refractivity contribution < 1.29 is 9.47 Å². The molecule has 0 aliphatic carbocycles. The van der Waals surface area contributed by atoms with Gasteiger partial charge in [-0.2, -0.15) is 5.26 Å². The van der Waals surface area contributed by atoms with Crippen LogP contribution in [0.3, 0.4) is 0 Å². The van der Waals surface area contributed by atoms with Crippen molar-refractivity contribution in [3.63, 3.8) is 0 Å². The molecule has 108 valence electrons. The van der Waals surface area contributed by atoms with Crippen LogP contribution in [0.5, 0.6) is 5.75 Å². The van der Waals surface area contributed by atoms with E-state index in [0.717, 1.165) is 38.3 Å². The summed E-state index contributed by atoms with van der Waals surface area (Å²) in [5.41, 5.74) is 1.72. The Bertz CT molecular complexity index is 482. The van der Waals surface area contributed by atoms with Gasteiger partial charge in [-0.05, 0) is 24.7 Å². The smallest absolute Gasteiger partial charge is 0.136 e. The van der Waals surface area contributed by atoms with Crippen LogP contribution >= 0.6 is 0 Å². The predicted molar refractivity (Wildman–Crippen MR) is 76.7 cm³/mol. The fraction of sp³-hybridized carbons (Fsp3) is 0.533. The second kappa shape index (κ2) is 7.25. The lowest BCUT2D eigenvalue weighted by atomic mass is 10.1. The summed E-state index contributed by atoms with van der Waals surface area (Å²) in [5.74, 6) is 0.631. The highest BCUT2D eigenvalue weighted by Gasteiger charge is 2.20. The third kappa shape index (κ3) is 3.70. The molecule has 20 heavy (non-hydrogen) atoms. The van der Waals surface area contributed by atoms with Crippen LogP contribution in [0.2, 0.25) is 0 Å². The van der Waals surface area contributed by atoms with Crippen molar-refractivity contribution in [3.8, 4) is 11.8 Å². The first-order valence-corrected chi connectivity index (χ1v) is 6.82. The van der Waals surface area contributed by atoms with E-state index in [-0.39, 0.29) is 6.10 Å². The molecule has 1 unspecified atom stereocenters. The third-order valence-corrected chi connectivity index (χ3v) is 3.45. The molecule has 1 saturated heterocycles. The molecule has 0 bridgehead atoms. The number of morpholine rings is 1. The summed E-state index contributed by atoms with van der Waals surface area (Å²) in [7, 11) is 3.52. The molecular weight excluding hydrogens is 254 g/mol. The topological polar surface area (TPSA) is 57.5 Å². The summed E-state index contributed by atoms with van der Waals surface area (Å²) in [5, 5.41) is 12.3. The van der Waals surface area contributed by atoms with Gasteiger partial charge in [0, 0.05) is 26.2 Å². The summed E-state index contributed by atoms with van der Waals surface area (Å²) in [6.07, 6.45) is 0.238. The van der Waals surface area contributed by atoms with Crippen molar-refractivity contribution in [2.24, 2.45) is 0 Å². The van der Waals surface area contributed by atoms with E-state index in [2.05, 4.69) is 16.3 Å². The largest absolute Gasteiger partial charge is 0.495 e. The lowest BCUT2D eigenvalue weighted by Gasteiger charge is -2.32. The van der Waals surface area contributed by atoms with E-state index in [1.54, 1.807) is 7.11 Å². The minimum atomic E-state index is 0.238. The number of benzene rings is 1. The summed E-state index contributed by atoms with van der Waals surface area (Å²) < 4.78 is 10.9. The van der Waals surface area contributed by atoms with Crippen molar-refractivity contribution in [1.29, 1.82) is 5.26 Å². The summed E-state index contributed by atoms with van der Waals surface area (Å²) in [6.45, 7) is 4.29. The average molecular weight is 275 g/mol. The Morgan fingerprint density at radius 3 is 3.10 bits per heavy atom. The zero-order valence-electron chi connectivity index (χ0n) is 12.1. The monoisotopic (exact) mass is 275 g/mol. The second-order valence-corrected chi connectivity index (χ2v) is 4.93. The fourth-order valence-corrected chi connectivity index (χ4v) is 2.47. The van der Waals surface area contributed by atoms with Gasteiger partial charge in [-0.15, -0.1) is 0 Å². The van der Waals surface area contributed by atoms with E-state index in [1.165, 1.54) is 0 Å². The van der Waals surface area contributed by atoms with Gasteiger partial charge < -0.3 is 14.8 Å². The molecule has 0 radical (unpaired) electrons. The van der Waals surface area contributed by atoms with E-state index in [0.29, 0.717) is 11.3 Å². The second-order valence-electron chi connectivity index (χ2n) is 4.93. The minimum Gasteiger partial charge on any atom is -0.495 e. The highest BCUT2D eigenvalue weighted by molar-refractivity contribution is 5.45. The first-order chi connectivity index (χ1) is 9.76. The zero-order valence-corrected chi connectivity index (χ0v) is 12.1. The maximum Gasteiger partial charge on any atom is 0.136 e. The number of likely N-dealkylation sites (N-methyl/N-ethyl adjacent to an activating group) is 1. The summed E-state index contributed by atoms with van der Waals surface area (Å²) in [4.78, 5) is 2.36. The molecule has 0 saturated carbocycles. The number of hydrogen-bond acceptors (Lipinski definition) is 5. The van der Waals surface area contributed by atoms with Gasteiger partial charge in [-0.1, -0.05) is 6.07 Å². The molecule has 1 fully saturated rings. The normalized spacial score (nSPS) is 19.6. The van der Waals surface area contributed by atoms with Crippen LogP contribution in [0, 0.1) is 11.3 Å². The van der Waals surface area contributed by atoms with Gasteiger partial charge in [0.2, 0.25) is 0 Å². The average Bonchev–Trinajstić information content (AvgIpc) is 2.48. The van der Waals surface area contributed by atoms with Gasteiger partial charge in [-0.25, -0.2) is 0 Å². The number of hydrogen-bond donors (Lipinski definition) is 1. The lowest BCUT2D eigenvalue weighted by Crippen LogP contribution is -2.45. The Morgan fingerprint density at radius 2 is 2.40 bits per heavy atom. The van der Waals surface area contributed by atoms with Crippen molar-refractivity contribution >= 4 is 0 Å². The summed E-state index contributed by atoms with van der Waals surface area (Å²) in [6, 6.07) is 7.96. The first-order valence-electron chi connectivity index (χ1n) is 6.82. The molecule has 1 heterocycles. The Morgan fingerprint density at radius 1 is 1.55 bits per heavy atom. The van der Waals surface area contributed by atoms with Gasteiger partial charge >= 0.3 is 0 Å². The van der Waals surface area contributed by atoms with E-state index in [9.17, 15) is 0 Å². The molecule has 1 atom stereocenters. The van der Waals surface area contributed by atoms with Crippen molar-refractivity contribution in [3.05, 3.63) is 29.3 Å². The lowest BCUT2D eigenvalue weighted by molar-refractivity contribution is -0.0291. The Kier molecular flexibility index (Phi) is 5.36. The zero-order chi connectivity index (χ0) is 14.4. The fourth-order valence-electron chi connectivity index (χ4n) is 2.47. The maximum absolute atomic E-state index is 9.12. The number of nitriles is 1. The molecule has 5 nitrogen and oxygen atoms in total. The molecule has 1 aliphatic heterocycles. The molecule has 0 amide bonds. The molecule has 2 rings (SSSR count). The Balaban J connectivity index is 2.01.